The number of nitrogens with one attached hydrogen (secondary N) is 3. The lowest BCUT2D eigenvalue weighted by molar-refractivity contribution is 0.0244. The number of rotatable bonds is 8. The van der Waals surface area contributed by atoms with Gasteiger partial charge in [-0.15, -0.1) is 0 Å². The van der Waals surface area contributed by atoms with Gasteiger partial charge in [0.15, 0.2) is 11.5 Å². The molecule has 3 aromatic heterocycles. The monoisotopic (exact) mass is 564 g/mol. The third-order valence-corrected chi connectivity index (χ3v) is 8.16. The fourth-order valence-electron chi connectivity index (χ4n) is 4.71. The first-order valence-electron chi connectivity index (χ1n) is 12.7. The molecule has 12 nitrogen and oxygen atoms in total. The van der Waals surface area contributed by atoms with Crippen molar-refractivity contribution in [1.82, 2.24) is 24.7 Å². The minimum atomic E-state index is -3.64. The Morgan fingerprint density at radius 3 is 2.67 bits per heavy atom. The van der Waals surface area contributed by atoms with Crippen molar-refractivity contribution in [3.05, 3.63) is 48.5 Å². The van der Waals surface area contributed by atoms with E-state index in [1.54, 1.807) is 6.07 Å². The van der Waals surface area contributed by atoms with Crippen LogP contribution in [0, 0.1) is 6.92 Å². The third-order valence-electron chi connectivity index (χ3n) is 6.75. The van der Waals surface area contributed by atoms with Crippen LogP contribution < -0.4 is 19.5 Å². The van der Waals surface area contributed by atoms with Crippen LogP contribution >= 0.6 is 0 Å². The van der Waals surface area contributed by atoms with Gasteiger partial charge in [-0.2, -0.15) is 9.97 Å². The summed E-state index contributed by atoms with van der Waals surface area (Å²) in [7, 11) is -0.827. The van der Waals surface area contributed by atoms with Gasteiger partial charge < -0.3 is 28.9 Å². The van der Waals surface area contributed by atoms with Crippen molar-refractivity contribution in [1.29, 1.82) is 0 Å². The van der Waals surface area contributed by atoms with Crippen molar-refractivity contribution in [2.45, 2.75) is 30.8 Å². The van der Waals surface area contributed by atoms with Gasteiger partial charge in [0, 0.05) is 37.6 Å². The SMILES string of the molecule is CNS(=O)(=O)c1ccc(Nc2nc(OC3CCOCC3)c3c(-c4ccc5nc(C)oc5c4)c[nH]c3n2)c(OC)c1. The maximum absolute atomic E-state index is 12.3. The van der Waals surface area contributed by atoms with Gasteiger partial charge in [0.25, 0.3) is 0 Å². The normalized spacial score (nSPS) is 14.6. The molecular weight excluding hydrogens is 536 g/mol. The molecular formula is C27H28N6O6S. The number of aromatic nitrogens is 4. The van der Waals surface area contributed by atoms with E-state index in [2.05, 4.69) is 20.0 Å². The summed E-state index contributed by atoms with van der Waals surface area (Å²) in [6.45, 7) is 3.05. The number of nitrogens with zero attached hydrogens (tertiary/aromatic N) is 3. The number of hydrogen-bond acceptors (Lipinski definition) is 10. The number of aromatic amines is 1. The Morgan fingerprint density at radius 1 is 1.07 bits per heavy atom. The number of aryl methyl sites for hydroxylation is 1. The average molecular weight is 565 g/mol. The molecule has 0 saturated carbocycles. The maximum atomic E-state index is 12.3. The maximum Gasteiger partial charge on any atom is 0.240 e. The molecule has 0 radical (unpaired) electrons. The topological polar surface area (TPSA) is 153 Å². The molecule has 6 rings (SSSR count). The van der Waals surface area contributed by atoms with Crippen LogP contribution in [0.5, 0.6) is 11.6 Å². The van der Waals surface area contributed by atoms with Crippen LogP contribution in [0.2, 0.25) is 0 Å². The van der Waals surface area contributed by atoms with E-state index in [9.17, 15) is 8.42 Å². The molecule has 0 spiro atoms. The fraction of sp³-hybridized carbons (Fsp3) is 0.296. The van der Waals surface area contributed by atoms with Crippen LogP contribution in [-0.2, 0) is 14.8 Å². The van der Waals surface area contributed by atoms with Crippen molar-refractivity contribution >= 4 is 43.8 Å². The van der Waals surface area contributed by atoms with E-state index in [1.807, 2.05) is 31.3 Å². The van der Waals surface area contributed by atoms with Gasteiger partial charge >= 0.3 is 0 Å². The van der Waals surface area contributed by atoms with Crippen LogP contribution in [0.3, 0.4) is 0 Å². The van der Waals surface area contributed by atoms with Gasteiger partial charge in [0.1, 0.15) is 23.0 Å². The van der Waals surface area contributed by atoms with Gasteiger partial charge in [-0.3, -0.25) is 0 Å². The number of oxazole rings is 1. The predicted molar refractivity (Wildman–Crippen MR) is 149 cm³/mol. The summed E-state index contributed by atoms with van der Waals surface area (Å²) >= 11 is 0. The van der Waals surface area contributed by atoms with Crippen LogP contribution in [0.15, 0.2) is 51.9 Å². The Hall–Kier alpha value is -4.20. The third kappa shape index (κ3) is 4.94. The zero-order chi connectivity index (χ0) is 27.9. The second-order valence-corrected chi connectivity index (χ2v) is 11.2. The minimum Gasteiger partial charge on any atom is -0.495 e. The molecule has 0 atom stereocenters. The summed E-state index contributed by atoms with van der Waals surface area (Å²) in [4.78, 5) is 17.2. The zero-order valence-corrected chi connectivity index (χ0v) is 23.0. The van der Waals surface area contributed by atoms with E-state index in [0.717, 1.165) is 34.9 Å². The van der Waals surface area contributed by atoms with Crippen LogP contribution in [-0.4, -0.2) is 61.8 Å². The Morgan fingerprint density at radius 2 is 1.90 bits per heavy atom. The van der Waals surface area contributed by atoms with E-state index in [0.29, 0.717) is 47.7 Å². The fourth-order valence-corrected chi connectivity index (χ4v) is 5.45. The van der Waals surface area contributed by atoms with Gasteiger partial charge in [-0.05, 0) is 36.9 Å². The van der Waals surface area contributed by atoms with Crippen LogP contribution in [0.4, 0.5) is 11.6 Å². The molecule has 1 fully saturated rings. The van der Waals surface area contributed by atoms with Crippen molar-refractivity contribution in [2.24, 2.45) is 0 Å². The lowest BCUT2D eigenvalue weighted by atomic mass is 10.1. The molecule has 0 bridgehead atoms. The molecule has 0 aliphatic carbocycles. The molecule has 3 N–H and O–H groups in total. The van der Waals surface area contributed by atoms with Gasteiger partial charge in [-0.25, -0.2) is 18.1 Å². The molecule has 5 aromatic rings. The molecule has 0 unspecified atom stereocenters. The van der Waals surface area contributed by atoms with Gasteiger partial charge in [0.2, 0.25) is 21.9 Å². The Labute approximate surface area is 230 Å². The number of fused-ring (bicyclic) bond motifs is 2. The highest BCUT2D eigenvalue weighted by molar-refractivity contribution is 7.89. The molecule has 0 amide bonds. The number of anilines is 2. The minimum absolute atomic E-state index is 0.0672. The quantitative estimate of drug-likeness (QED) is 0.249. The number of methoxy groups -OCH3 is 1. The number of benzene rings is 2. The summed E-state index contributed by atoms with van der Waals surface area (Å²) in [6.07, 6.45) is 3.28. The first-order chi connectivity index (χ1) is 19.3. The largest absolute Gasteiger partial charge is 0.495 e. The molecule has 1 aliphatic rings. The Kier molecular flexibility index (Phi) is 6.78. The first-order valence-corrected chi connectivity index (χ1v) is 14.2. The molecule has 208 valence electrons. The van der Waals surface area contributed by atoms with Crippen molar-refractivity contribution in [3.8, 4) is 22.8 Å². The lowest BCUT2D eigenvalue weighted by Gasteiger charge is -2.23. The molecule has 4 heterocycles. The highest BCUT2D eigenvalue weighted by Crippen LogP contribution is 2.38. The van der Waals surface area contributed by atoms with Crippen molar-refractivity contribution < 1.29 is 27.0 Å². The van der Waals surface area contributed by atoms with Gasteiger partial charge in [-0.1, -0.05) is 6.07 Å². The van der Waals surface area contributed by atoms with E-state index in [4.69, 9.17) is 28.6 Å². The van der Waals surface area contributed by atoms with E-state index in [1.165, 1.54) is 26.3 Å². The number of ether oxygens (including phenoxy) is 3. The highest BCUT2D eigenvalue weighted by atomic mass is 32.2. The number of sulfonamides is 1. The average Bonchev–Trinajstić information content (AvgIpc) is 3.56. The van der Waals surface area contributed by atoms with Crippen LogP contribution in [0.1, 0.15) is 18.7 Å². The van der Waals surface area contributed by atoms with E-state index in [-0.39, 0.29) is 16.9 Å². The molecule has 2 aromatic carbocycles. The Balaban J connectivity index is 1.42. The molecule has 1 aliphatic heterocycles. The smallest absolute Gasteiger partial charge is 0.240 e. The van der Waals surface area contributed by atoms with Crippen LogP contribution in [0.25, 0.3) is 33.3 Å². The van der Waals surface area contributed by atoms with Gasteiger partial charge in [0.05, 0.1) is 36.3 Å². The molecule has 40 heavy (non-hydrogen) atoms. The number of H-pyrrole nitrogens is 1. The summed E-state index contributed by atoms with van der Waals surface area (Å²) in [5.74, 6) is 1.58. The zero-order valence-electron chi connectivity index (χ0n) is 22.1. The second kappa shape index (κ2) is 10.4. The summed E-state index contributed by atoms with van der Waals surface area (Å²) in [6, 6.07) is 10.3. The summed E-state index contributed by atoms with van der Waals surface area (Å²) in [5.41, 5.74) is 4.29. The molecule has 13 heteroatoms. The lowest BCUT2D eigenvalue weighted by Crippen LogP contribution is -2.26. The predicted octanol–water partition coefficient (Wildman–Crippen LogP) is 4.29. The summed E-state index contributed by atoms with van der Waals surface area (Å²) < 4.78 is 50.0. The number of hydrogen-bond donors (Lipinski definition) is 3. The van der Waals surface area contributed by atoms with Crippen molar-refractivity contribution in [2.75, 3.05) is 32.7 Å². The van der Waals surface area contributed by atoms with E-state index >= 15 is 0 Å². The Bertz CT molecular complexity index is 1810. The summed E-state index contributed by atoms with van der Waals surface area (Å²) in [5, 5.41) is 3.89. The first kappa shape index (κ1) is 26.0. The van der Waals surface area contributed by atoms with E-state index < -0.39 is 10.0 Å². The standard InChI is InChI=1S/C27H28N6O6S/c1-15-30-21-6-4-16(12-23(21)38-15)19-14-29-25-24(19)26(39-17-8-10-37-11-9-17)33-27(32-25)31-20-7-5-18(13-22(20)36-3)40(34,35)28-2/h4-7,12-14,17,28H,8-11H2,1-3H3,(H2,29,31,32,33). The second-order valence-electron chi connectivity index (χ2n) is 9.32. The van der Waals surface area contributed by atoms with Crippen molar-refractivity contribution in [3.63, 3.8) is 0 Å². The highest BCUT2D eigenvalue weighted by Gasteiger charge is 2.23. The molecule has 1 saturated heterocycles.